The van der Waals surface area contributed by atoms with Crippen LogP contribution in [0.15, 0.2) is 24.4 Å². The van der Waals surface area contributed by atoms with Gasteiger partial charge in [-0.15, -0.1) is 0 Å². The number of piperazine rings is 1. The summed E-state index contributed by atoms with van der Waals surface area (Å²) in [6, 6.07) is 1.90. The third-order valence-electron chi connectivity index (χ3n) is 6.31. The van der Waals surface area contributed by atoms with Crippen LogP contribution in [-0.2, 0) is 9.84 Å². The highest BCUT2D eigenvalue weighted by Crippen LogP contribution is 2.35. The fourth-order valence-electron chi connectivity index (χ4n) is 4.98. The summed E-state index contributed by atoms with van der Waals surface area (Å²) in [5, 5.41) is 3.36. The van der Waals surface area contributed by atoms with Crippen LogP contribution < -0.4 is 15.1 Å². The van der Waals surface area contributed by atoms with Crippen molar-refractivity contribution in [2.45, 2.75) is 24.9 Å². The first-order valence-corrected chi connectivity index (χ1v) is 11.3. The lowest BCUT2D eigenvalue weighted by Gasteiger charge is -2.38. The van der Waals surface area contributed by atoms with Crippen molar-refractivity contribution in [1.82, 2.24) is 15.3 Å². The molecule has 1 aliphatic carbocycles. The number of fused-ring (bicyclic) bond motifs is 2. The molecule has 4 heterocycles. The van der Waals surface area contributed by atoms with Gasteiger partial charge in [-0.25, -0.2) is 13.4 Å². The molecule has 0 bridgehead atoms. The van der Waals surface area contributed by atoms with Gasteiger partial charge < -0.3 is 15.1 Å². The first-order valence-electron chi connectivity index (χ1n) is 9.52. The summed E-state index contributed by atoms with van der Waals surface area (Å²) in [6.07, 6.45) is 8.71. The molecule has 3 saturated heterocycles. The summed E-state index contributed by atoms with van der Waals surface area (Å²) >= 11 is 0. The molecule has 8 heteroatoms. The fraction of sp³-hybridized carbons (Fsp3) is 0.667. The Morgan fingerprint density at radius 1 is 1.12 bits per heavy atom. The number of allylic oxidation sites excluding steroid dienone is 2. The van der Waals surface area contributed by atoms with E-state index in [2.05, 4.69) is 32.3 Å². The Balaban J connectivity index is 1.38. The van der Waals surface area contributed by atoms with Crippen LogP contribution in [0.25, 0.3) is 0 Å². The van der Waals surface area contributed by atoms with E-state index in [1.165, 1.54) is 0 Å². The van der Waals surface area contributed by atoms with E-state index in [1.807, 2.05) is 12.3 Å². The Labute approximate surface area is 154 Å². The van der Waals surface area contributed by atoms with Gasteiger partial charge in [0.2, 0.25) is 5.95 Å². The highest BCUT2D eigenvalue weighted by molar-refractivity contribution is 7.91. The second-order valence-corrected chi connectivity index (χ2v) is 10.1. The molecular formula is C18H25N5O2S. The molecule has 7 nitrogen and oxygen atoms in total. The molecule has 5 rings (SSSR count). The Morgan fingerprint density at radius 2 is 1.88 bits per heavy atom. The number of nitrogens with one attached hydrogen (secondary N) is 1. The van der Waals surface area contributed by atoms with Gasteiger partial charge in [0.25, 0.3) is 0 Å². The van der Waals surface area contributed by atoms with Gasteiger partial charge in [0.15, 0.2) is 9.84 Å². The normalized spacial score (nSPS) is 35.4. The van der Waals surface area contributed by atoms with Gasteiger partial charge in [-0.3, -0.25) is 0 Å². The highest BCUT2D eigenvalue weighted by atomic mass is 32.2. The number of sulfone groups is 1. The number of anilines is 2. The molecule has 3 aliphatic heterocycles. The summed E-state index contributed by atoms with van der Waals surface area (Å²) in [6.45, 7) is 3.60. The van der Waals surface area contributed by atoms with E-state index in [4.69, 9.17) is 4.98 Å². The van der Waals surface area contributed by atoms with E-state index in [0.717, 1.165) is 50.8 Å². The molecule has 1 aromatic rings. The predicted molar refractivity (Wildman–Crippen MR) is 101 cm³/mol. The molecule has 4 aliphatic rings. The maximum atomic E-state index is 12.1. The third kappa shape index (κ3) is 2.89. The van der Waals surface area contributed by atoms with E-state index in [-0.39, 0.29) is 23.6 Å². The van der Waals surface area contributed by atoms with Crippen LogP contribution in [0.3, 0.4) is 0 Å². The zero-order valence-corrected chi connectivity index (χ0v) is 15.6. The predicted octanol–water partition coefficient (Wildman–Crippen LogP) is 0.454. The lowest BCUT2D eigenvalue weighted by molar-refractivity contribution is 0.411. The summed E-state index contributed by atoms with van der Waals surface area (Å²) < 4.78 is 24.2. The minimum absolute atomic E-state index is 0.00731. The van der Waals surface area contributed by atoms with Crippen molar-refractivity contribution in [3.05, 3.63) is 24.4 Å². The molecular weight excluding hydrogens is 350 g/mol. The molecule has 0 radical (unpaired) electrons. The van der Waals surface area contributed by atoms with Crippen LogP contribution in [0, 0.1) is 11.8 Å². The SMILES string of the molecule is O=S1(=O)C[C@@H]2NCCN(c3ccnc(N4C[C@H]5CC=CC[C@H]5C4)n3)[C@@H]2C1. The van der Waals surface area contributed by atoms with Crippen molar-refractivity contribution >= 4 is 21.6 Å². The minimum Gasteiger partial charge on any atom is -0.350 e. The van der Waals surface area contributed by atoms with E-state index in [1.54, 1.807) is 0 Å². The second kappa shape index (κ2) is 6.20. The topological polar surface area (TPSA) is 78.4 Å². The third-order valence-corrected chi connectivity index (χ3v) is 8.02. The summed E-state index contributed by atoms with van der Waals surface area (Å²) in [5.74, 6) is 3.49. The zero-order valence-electron chi connectivity index (χ0n) is 14.8. The number of hydrogen-bond donors (Lipinski definition) is 1. The van der Waals surface area contributed by atoms with Crippen molar-refractivity contribution in [1.29, 1.82) is 0 Å². The minimum atomic E-state index is -2.97. The number of hydrogen-bond acceptors (Lipinski definition) is 7. The van der Waals surface area contributed by atoms with Crippen LogP contribution in [0.1, 0.15) is 12.8 Å². The molecule has 0 aromatic carbocycles. The molecule has 0 spiro atoms. The van der Waals surface area contributed by atoms with Crippen molar-refractivity contribution < 1.29 is 8.42 Å². The first-order chi connectivity index (χ1) is 12.6. The van der Waals surface area contributed by atoms with E-state index >= 15 is 0 Å². The Bertz CT molecular complexity index is 811. The van der Waals surface area contributed by atoms with Gasteiger partial charge in [-0.2, -0.15) is 4.98 Å². The lowest BCUT2D eigenvalue weighted by Crippen LogP contribution is -2.57. The molecule has 140 valence electrons. The second-order valence-electron chi connectivity index (χ2n) is 7.98. The Morgan fingerprint density at radius 3 is 2.65 bits per heavy atom. The first kappa shape index (κ1) is 16.5. The van der Waals surface area contributed by atoms with Gasteiger partial charge in [-0.05, 0) is 30.7 Å². The average molecular weight is 375 g/mol. The quantitative estimate of drug-likeness (QED) is 0.752. The van der Waals surface area contributed by atoms with Gasteiger partial charge >= 0.3 is 0 Å². The van der Waals surface area contributed by atoms with Crippen LogP contribution in [-0.4, -0.2) is 68.2 Å². The van der Waals surface area contributed by atoms with Crippen LogP contribution >= 0.6 is 0 Å². The maximum absolute atomic E-state index is 12.1. The molecule has 0 unspecified atom stereocenters. The van der Waals surface area contributed by atoms with Crippen LogP contribution in [0.2, 0.25) is 0 Å². The monoisotopic (exact) mass is 375 g/mol. The molecule has 0 amide bonds. The van der Waals surface area contributed by atoms with Crippen molar-refractivity contribution in [3.8, 4) is 0 Å². The number of nitrogens with zero attached hydrogens (tertiary/aromatic N) is 4. The molecule has 3 fully saturated rings. The van der Waals surface area contributed by atoms with Gasteiger partial charge in [0.1, 0.15) is 5.82 Å². The fourth-order valence-corrected chi connectivity index (χ4v) is 6.94. The number of aromatic nitrogens is 2. The zero-order chi connectivity index (χ0) is 17.7. The highest BCUT2D eigenvalue weighted by Gasteiger charge is 2.43. The van der Waals surface area contributed by atoms with E-state index in [0.29, 0.717) is 11.8 Å². The molecule has 4 atom stereocenters. The molecule has 1 aromatic heterocycles. The molecule has 1 N–H and O–H groups in total. The molecule has 26 heavy (non-hydrogen) atoms. The summed E-state index contributed by atoms with van der Waals surface area (Å²) in [5.41, 5.74) is 0. The lowest BCUT2D eigenvalue weighted by atomic mass is 9.86. The van der Waals surface area contributed by atoms with Gasteiger partial charge in [-0.1, -0.05) is 12.2 Å². The van der Waals surface area contributed by atoms with E-state index in [9.17, 15) is 8.42 Å². The van der Waals surface area contributed by atoms with Crippen molar-refractivity contribution in [2.75, 3.05) is 47.5 Å². The van der Waals surface area contributed by atoms with Gasteiger partial charge in [0.05, 0.1) is 17.5 Å². The standard InChI is InChI=1S/C18H25N5O2S/c24-26(25)11-15-16(12-26)23(8-7-19-15)17-5-6-20-18(21-17)22-9-13-3-1-2-4-14(13)10-22/h1-2,5-6,13-16,19H,3-4,7-12H2/t13-,14+,15-,16+/m0/s1. The van der Waals surface area contributed by atoms with Crippen LogP contribution in [0.5, 0.6) is 0 Å². The summed E-state index contributed by atoms with van der Waals surface area (Å²) in [4.78, 5) is 13.8. The van der Waals surface area contributed by atoms with Crippen molar-refractivity contribution in [3.63, 3.8) is 0 Å². The van der Waals surface area contributed by atoms with E-state index < -0.39 is 9.84 Å². The maximum Gasteiger partial charge on any atom is 0.227 e. The van der Waals surface area contributed by atoms with Gasteiger partial charge in [0, 0.05) is 38.4 Å². The van der Waals surface area contributed by atoms with Crippen LogP contribution in [0.4, 0.5) is 11.8 Å². The summed E-state index contributed by atoms with van der Waals surface area (Å²) in [7, 11) is -2.97. The Hall–Kier alpha value is -1.67. The smallest absolute Gasteiger partial charge is 0.227 e. The average Bonchev–Trinajstić information content (AvgIpc) is 3.20. The van der Waals surface area contributed by atoms with Crippen molar-refractivity contribution in [2.24, 2.45) is 11.8 Å². The molecule has 0 saturated carbocycles. The number of rotatable bonds is 2. The Kier molecular flexibility index (Phi) is 3.93. The largest absolute Gasteiger partial charge is 0.350 e.